The number of likely N-dealkylation sites (tertiary alicyclic amines) is 1. The highest BCUT2D eigenvalue weighted by Gasteiger charge is 2.44. The fourth-order valence-electron chi connectivity index (χ4n) is 8.11. The van der Waals surface area contributed by atoms with Crippen molar-refractivity contribution in [3.05, 3.63) is 117 Å². The first-order valence-corrected chi connectivity index (χ1v) is 24.1. The summed E-state index contributed by atoms with van der Waals surface area (Å²) in [6, 6.07) is 22.4. The average Bonchev–Trinajstić information content (AvgIpc) is 4.06. The van der Waals surface area contributed by atoms with E-state index in [2.05, 4.69) is 32.1 Å². The molecule has 1 fully saturated rings. The number of nitrogens with one attached hydrogen (secondary N) is 3. The van der Waals surface area contributed by atoms with Gasteiger partial charge in [-0.25, -0.2) is 4.98 Å². The lowest BCUT2D eigenvalue weighted by molar-refractivity contribution is -0.144. The van der Waals surface area contributed by atoms with Gasteiger partial charge in [0.2, 0.25) is 17.7 Å². The Balaban J connectivity index is 0.870. The van der Waals surface area contributed by atoms with E-state index in [-0.39, 0.29) is 43.5 Å². The molecule has 16 heteroatoms. The summed E-state index contributed by atoms with van der Waals surface area (Å²) in [6.07, 6.45) is 5.56. The topological polar surface area (TPSA) is 192 Å². The Morgan fingerprint density at radius 3 is 2.34 bits per heavy atom. The first-order chi connectivity index (χ1) is 32.0. The van der Waals surface area contributed by atoms with E-state index in [9.17, 15) is 24.3 Å². The quantitative estimate of drug-likeness (QED) is 0.0564. The van der Waals surface area contributed by atoms with Crippen molar-refractivity contribution in [2.75, 3.05) is 19.8 Å². The van der Waals surface area contributed by atoms with E-state index in [4.69, 9.17) is 21.6 Å². The third kappa shape index (κ3) is 13.8. The van der Waals surface area contributed by atoms with E-state index >= 15 is 0 Å². The first kappa shape index (κ1) is 50.5. The molecule has 4 amide bonds. The van der Waals surface area contributed by atoms with E-state index in [0.717, 1.165) is 70.6 Å². The minimum atomic E-state index is -0.943. The number of nitriles is 1. The van der Waals surface area contributed by atoms with Gasteiger partial charge in [0.1, 0.15) is 24.8 Å². The third-order valence-corrected chi connectivity index (χ3v) is 13.2. The number of carbonyl (C=O) groups is 4. The summed E-state index contributed by atoms with van der Waals surface area (Å²) in [5.41, 5.74) is 7.71. The van der Waals surface area contributed by atoms with Crippen LogP contribution in [-0.2, 0) is 32.1 Å². The monoisotopic (exact) mass is 948 g/mol. The number of benzene rings is 3. The van der Waals surface area contributed by atoms with Gasteiger partial charge < -0.3 is 30.7 Å². The number of halogens is 1. The molecule has 354 valence electrons. The third-order valence-electron chi connectivity index (χ3n) is 11.9. The van der Waals surface area contributed by atoms with Gasteiger partial charge in [-0.05, 0) is 92.5 Å². The van der Waals surface area contributed by atoms with Crippen LogP contribution in [0.15, 0.2) is 84.5 Å². The minimum Gasteiger partial charge on any atom is -0.391 e. The van der Waals surface area contributed by atoms with Gasteiger partial charge in [-0.1, -0.05) is 87.7 Å². The van der Waals surface area contributed by atoms with Crippen LogP contribution in [0.3, 0.4) is 0 Å². The highest BCUT2D eigenvalue weighted by atomic mass is 35.5. The van der Waals surface area contributed by atoms with Crippen LogP contribution in [0.5, 0.6) is 0 Å². The zero-order chi connectivity index (χ0) is 48.3. The molecule has 0 bridgehead atoms. The van der Waals surface area contributed by atoms with Crippen LogP contribution in [0.1, 0.15) is 106 Å². The summed E-state index contributed by atoms with van der Waals surface area (Å²) < 4.78 is 7.47. The predicted octanol–water partition coefficient (Wildman–Crippen LogP) is 7.82. The number of thiazole rings is 1. The average molecular weight is 950 g/mol. The van der Waals surface area contributed by atoms with E-state index < -0.39 is 35.4 Å². The maximum atomic E-state index is 14.0. The van der Waals surface area contributed by atoms with Crippen molar-refractivity contribution in [3.8, 4) is 27.8 Å². The van der Waals surface area contributed by atoms with Crippen LogP contribution in [0.25, 0.3) is 21.7 Å². The number of carbonyl (C=O) groups excluding carboxylic acids is 4. The summed E-state index contributed by atoms with van der Waals surface area (Å²) in [5, 5.41) is 33.7. The Morgan fingerprint density at radius 2 is 1.67 bits per heavy atom. The summed E-state index contributed by atoms with van der Waals surface area (Å²) in [4.78, 5) is 60.6. The van der Waals surface area contributed by atoms with Crippen LogP contribution >= 0.6 is 22.9 Å². The van der Waals surface area contributed by atoms with Crippen molar-refractivity contribution in [1.82, 2.24) is 35.6 Å². The number of amides is 4. The summed E-state index contributed by atoms with van der Waals surface area (Å²) in [7, 11) is 0. The van der Waals surface area contributed by atoms with E-state index in [1.807, 2.05) is 114 Å². The van der Waals surface area contributed by atoms with Gasteiger partial charge in [0.25, 0.3) is 5.91 Å². The summed E-state index contributed by atoms with van der Waals surface area (Å²) in [6.45, 7) is 12.0. The van der Waals surface area contributed by atoms with E-state index in [1.165, 1.54) is 4.90 Å². The second kappa shape index (κ2) is 23.2. The molecule has 2 aromatic heterocycles. The summed E-state index contributed by atoms with van der Waals surface area (Å²) in [5.74, 6) is -1.37. The fourth-order valence-corrected chi connectivity index (χ4v) is 9.14. The smallest absolute Gasteiger partial charge is 0.251 e. The molecule has 67 heavy (non-hydrogen) atoms. The van der Waals surface area contributed by atoms with Gasteiger partial charge in [-0.3, -0.25) is 23.9 Å². The molecule has 5 aromatic rings. The Kier molecular flexibility index (Phi) is 17.5. The number of hydrogen-bond donors (Lipinski definition) is 4. The van der Waals surface area contributed by atoms with Gasteiger partial charge >= 0.3 is 0 Å². The van der Waals surface area contributed by atoms with Crippen molar-refractivity contribution < 1.29 is 29.0 Å². The van der Waals surface area contributed by atoms with Crippen molar-refractivity contribution in [1.29, 1.82) is 5.26 Å². The SMILES string of the molecule is Cc1ncsc1-c1ccc([C@H](C)NC(=O)C2C[C@@H](O)CN2C(=O)[C@@H](NC(=O)COCCCCCCc2ccc(C(=O)N[C@@H](C)Cn3ccc(-c4ccc(C#N)c(Cl)c4)n3)cc2)C(C)(C)C)cc1. The van der Waals surface area contributed by atoms with Crippen molar-refractivity contribution in [2.24, 2.45) is 5.41 Å². The van der Waals surface area contributed by atoms with E-state index in [0.29, 0.717) is 29.3 Å². The number of nitrogens with zero attached hydrogens (tertiary/aromatic N) is 5. The summed E-state index contributed by atoms with van der Waals surface area (Å²) >= 11 is 7.77. The number of aryl methyl sites for hydroxylation is 2. The molecule has 1 saturated heterocycles. The molecule has 0 saturated carbocycles. The zero-order valence-corrected chi connectivity index (χ0v) is 40.6. The molecule has 5 atom stereocenters. The second-order valence-corrected chi connectivity index (χ2v) is 19.7. The minimum absolute atomic E-state index is 0.00817. The van der Waals surface area contributed by atoms with Crippen LogP contribution in [0, 0.1) is 23.7 Å². The molecule has 14 nitrogen and oxygen atoms in total. The molecule has 0 aliphatic carbocycles. The number of β-amino-alcohol motifs (C(OH)–C–C–N with tert-alkyl or cyclic N) is 1. The molecule has 1 aliphatic rings. The molecule has 3 heterocycles. The number of rotatable bonds is 20. The van der Waals surface area contributed by atoms with Gasteiger partial charge in [-0.2, -0.15) is 10.4 Å². The van der Waals surface area contributed by atoms with Crippen LogP contribution < -0.4 is 16.0 Å². The van der Waals surface area contributed by atoms with Gasteiger partial charge in [-0.15, -0.1) is 11.3 Å². The van der Waals surface area contributed by atoms with E-state index in [1.54, 1.807) is 28.2 Å². The number of unbranched alkanes of at least 4 members (excludes halogenated alkanes) is 3. The van der Waals surface area contributed by atoms with Crippen molar-refractivity contribution >= 4 is 46.6 Å². The van der Waals surface area contributed by atoms with Gasteiger partial charge in [0.05, 0.1) is 51.1 Å². The number of hydrogen-bond acceptors (Lipinski definition) is 10. The molecular weight excluding hydrogens is 888 g/mol. The Hall–Kier alpha value is -5.92. The molecule has 0 radical (unpaired) electrons. The number of aromatic nitrogens is 3. The molecular formula is C51H61ClN8O6S. The van der Waals surface area contributed by atoms with Crippen LogP contribution in [0.2, 0.25) is 5.02 Å². The zero-order valence-electron chi connectivity index (χ0n) is 39.1. The lowest BCUT2D eigenvalue weighted by atomic mass is 9.85. The standard InChI is InChI=1S/C51H61ClN8O6S/c1-32(28-59-23-22-43(58-59)39-20-21-40(27-53)42(52)25-39)55-48(63)38-14-12-35(13-15-38)11-9-7-8-10-24-66-30-45(62)57-47(51(4,5)6)50(65)60-29-41(61)26-44(60)49(64)56-33(2)36-16-18-37(19-17-36)46-34(3)54-31-67-46/h12-23,25,31-33,41,44,47,61H,7-11,24,26,28-30H2,1-6H3,(H,55,63)(H,56,64)(H,57,62)/t32-,33-,41+,44?,47+/m0/s1. The number of ether oxygens (including phenoxy) is 1. The molecule has 4 N–H and O–H groups in total. The van der Waals surface area contributed by atoms with Crippen LogP contribution in [-0.4, -0.2) is 92.4 Å². The fraction of sp³-hybridized carbons (Fsp3) is 0.431. The maximum absolute atomic E-state index is 14.0. The molecule has 3 aromatic carbocycles. The predicted molar refractivity (Wildman–Crippen MR) is 260 cm³/mol. The Labute approximate surface area is 402 Å². The normalized spacial score (nSPS) is 16.2. The molecule has 0 spiro atoms. The highest BCUT2D eigenvalue weighted by molar-refractivity contribution is 7.13. The molecule has 1 unspecified atom stereocenters. The lowest BCUT2D eigenvalue weighted by Gasteiger charge is -2.35. The lowest BCUT2D eigenvalue weighted by Crippen LogP contribution is -2.58. The molecule has 6 rings (SSSR count). The van der Waals surface area contributed by atoms with Crippen molar-refractivity contribution in [2.45, 2.75) is 117 Å². The number of aliphatic hydroxyl groups is 1. The number of aliphatic hydroxyl groups excluding tert-OH is 1. The highest BCUT2D eigenvalue weighted by Crippen LogP contribution is 2.30. The Bertz CT molecular complexity index is 2530. The van der Waals surface area contributed by atoms with Gasteiger partial charge in [0.15, 0.2) is 0 Å². The second-order valence-electron chi connectivity index (χ2n) is 18.4. The van der Waals surface area contributed by atoms with Crippen LogP contribution in [0.4, 0.5) is 0 Å². The van der Waals surface area contributed by atoms with Crippen molar-refractivity contribution in [3.63, 3.8) is 0 Å². The maximum Gasteiger partial charge on any atom is 0.251 e. The van der Waals surface area contributed by atoms with Gasteiger partial charge in [0, 0.05) is 42.9 Å². The first-order valence-electron chi connectivity index (χ1n) is 22.8. The molecule has 1 aliphatic heterocycles. The largest absolute Gasteiger partial charge is 0.391 e. The Morgan fingerprint density at radius 1 is 0.955 bits per heavy atom.